The molecule has 0 radical (unpaired) electrons. The highest BCUT2D eigenvalue weighted by atomic mass is 16.6. The molecule has 0 bridgehead atoms. The molecule has 12 heteroatoms. The second-order valence-corrected chi connectivity index (χ2v) is 18.4. The van der Waals surface area contributed by atoms with E-state index >= 15 is 0 Å². The van der Waals surface area contributed by atoms with Gasteiger partial charge in [-0.05, 0) is 67.2 Å². The number of guanidine groups is 1. The van der Waals surface area contributed by atoms with Gasteiger partial charge >= 0.3 is 18.2 Å². The van der Waals surface area contributed by atoms with Gasteiger partial charge < -0.3 is 30.7 Å². The molecule has 0 saturated carbocycles. The molecule has 1 unspecified atom stereocenters. The summed E-state index contributed by atoms with van der Waals surface area (Å²) in [5.74, 6) is -0.354. The molecule has 0 aromatic carbocycles. The maximum absolute atomic E-state index is 13.3. The molecule has 0 aliphatic carbocycles. The highest BCUT2D eigenvalue weighted by Crippen LogP contribution is 2.15. The Hall–Kier alpha value is -3.05. The van der Waals surface area contributed by atoms with Crippen LogP contribution in [0.3, 0.4) is 0 Å². The highest BCUT2D eigenvalue weighted by Gasteiger charge is 2.22. The number of alkyl carbamates (subject to hydrolysis) is 1. The summed E-state index contributed by atoms with van der Waals surface area (Å²) < 4.78 is 10.6. The molecule has 5 N–H and O–H groups in total. The Kier molecular flexibility index (Phi) is 34.9. The van der Waals surface area contributed by atoms with E-state index in [2.05, 4.69) is 45.4 Å². The Balaban J connectivity index is 4.85. The van der Waals surface area contributed by atoms with Gasteiger partial charge in [0, 0.05) is 19.6 Å². The van der Waals surface area contributed by atoms with Crippen LogP contribution in [0, 0.1) is 0 Å². The Morgan fingerprint density at radius 1 is 0.475 bits per heavy atom. The van der Waals surface area contributed by atoms with Gasteiger partial charge in [-0.3, -0.25) is 10.1 Å². The van der Waals surface area contributed by atoms with Gasteiger partial charge in [-0.25, -0.2) is 14.4 Å². The summed E-state index contributed by atoms with van der Waals surface area (Å²) in [5, 5.41) is 14.3. The number of amides is 5. The molecule has 346 valence electrons. The number of aliphatic imine (C=N–C) groups is 1. The van der Waals surface area contributed by atoms with E-state index < -0.39 is 29.4 Å². The second kappa shape index (κ2) is 36.8. The first-order valence-corrected chi connectivity index (χ1v) is 24.0. The van der Waals surface area contributed by atoms with Crippen molar-refractivity contribution in [2.45, 2.75) is 252 Å². The first-order valence-electron chi connectivity index (χ1n) is 24.0. The van der Waals surface area contributed by atoms with Crippen LogP contribution < -0.4 is 26.6 Å². The predicted molar refractivity (Wildman–Crippen MR) is 245 cm³/mol. The molecule has 0 rings (SSSR count). The van der Waals surface area contributed by atoms with Crippen molar-refractivity contribution in [2.24, 2.45) is 4.99 Å². The number of hydrogen-bond donors (Lipinski definition) is 5. The first-order chi connectivity index (χ1) is 28.2. The summed E-state index contributed by atoms with van der Waals surface area (Å²) in [6.45, 7) is 16.2. The quantitative estimate of drug-likeness (QED) is 0.0245. The summed E-state index contributed by atoms with van der Waals surface area (Å²) in [7, 11) is 0. The molecule has 1 atom stereocenters. The van der Waals surface area contributed by atoms with E-state index in [4.69, 9.17) is 9.47 Å². The van der Waals surface area contributed by atoms with Gasteiger partial charge in [-0.2, -0.15) is 0 Å². The normalized spacial score (nSPS) is 12.4. The van der Waals surface area contributed by atoms with Crippen LogP contribution in [0.4, 0.5) is 14.4 Å². The number of urea groups is 1. The average molecular weight is 837 g/mol. The van der Waals surface area contributed by atoms with Gasteiger partial charge in [-0.15, -0.1) is 4.99 Å². The lowest BCUT2D eigenvalue weighted by molar-refractivity contribution is -0.123. The molecule has 0 saturated heterocycles. The molecule has 0 heterocycles. The van der Waals surface area contributed by atoms with Gasteiger partial charge in [0.1, 0.15) is 17.2 Å². The van der Waals surface area contributed by atoms with Crippen molar-refractivity contribution in [1.29, 1.82) is 0 Å². The number of nitrogens with one attached hydrogen (secondary N) is 5. The number of hydrogen-bond acceptors (Lipinski definition) is 6. The van der Waals surface area contributed by atoms with E-state index in [1.54, 1.807) is 41.5 Å². The average Bonchev–Trinajstić information content (AvgIpc) is 3.14. The lowest BCUT2D eigenvalue weighted by atomic mass is 10.0. The van der Waals surface area contributed by atoms with Crippen molar-refractivity contribution in [2.75, 3.05) is 19.6 Å². The molecule has 0 aromatic rings. The van der Waals surface area contributed by atoms with Crippen molar-refractivity contribution in [1.82, 2.24) is 26.6 Å². The van der Waals surface area contributed by atoms with Gasteiger partial charge in [0.05, 0.1) is 0 Å². The topological polar surface area (TPSA) is 159 Å². The zero-order valence-electron chi connectivity index (χ0n) is 39.4. The van der Waals surface area contributed by atoms with E-state index in [0.29, 0.717) is 25.9 Å². The minimum absolute atomic E-state index is 0.125. The van der Waals surface area contributed by atoms with Crippen LogP contribution in [0.2, 0.25) is 0 Å². The molecule has 0 fully saturated rings. The third-order valence-corrected chi connectivity index (χ3v) is 9.95. The Labute approximate surface area is 361 Å². The Bertz CT molecular complexity index is 1100. The largest absolute Gasteiger partial charge is 0.444 e. The zero-order valence-corrected chi connectivity index (χ0v) is 39.4. The van der Waals surface area contributed by atoms with E-state index in [-0.39, 0.29) is 24.4 Å². The standard InChI is InChI=1S/C47H92N6O6/c1-9-11-13-15-17-19-21-22-23-24-25-26-28-30-32-34-38-50-43(55)51-40(41(54)48-37-33-31-29-27-20-18-16-14-12-10-2)36-35-39-49-42(52-44(56)58-46(3,4)5)53-45(57)59-47(6,7)8/h40H,9-39H2,1-8H3,(H,48,54)(H2,50,51,55)(H2,49,52,53,56,57). The van der Waals surface area contributed by atoms with Crippen LogP contribution in [0.15, 0.2) is 4.99 Å². The molecule has 0 aliphatic heterocycles. The molecule has 59 heavy (non-hydrogen) atoms. The lowest BCUT2D eigenvalue weighted by Gasteiger charge is -2.21. The third kappa shape index (κ3) is 40.1. The minimum atomic E-state index is -0.872. The van der Waals surface area contributed by atoms with Crippen molar-refractivity contribution in [3.05, 3.63) is 0 Å². The fourth-order valence-corrected chi connectivity index (χ4v) is 6.70. The van der Waals surface area contributed by atoms with Gasteiger partial charge in [0.25, 0.3) is 0 Å². The third-order valence-electron chi connectivity index (χ3n) is 9.95. The Morgan fingerprint density at radius 3 is 1.25 bits per heavy atom. The monoisotopic (exact) mass is 837 g/mol. The Morgan fingerprint density at radius 2 is 0.847 bits per heavy atom. The molecule has 5 amide bonds. The predicted octanol–water partition coefficient (Wildman–Crippen LogP) is 12.1. The van der Waals surface area contributed by atoms with Gasteiger partial charge in [-0.1, -0.05) is 168 Å². The molecular formula is C47H92N6O6. The van der Waals surface area contributed by atoms with Crippen molar-refractivity contribution in [3.8, 4) is 0 Å². The lowest BCUT2D eigenvalue weighted by Crippen LogP contribution is -2.50. The summed E-state index contributed by atoms with van der Waals surface area (Å²) in [4.78, 5) is 55.1. The number of unbranched alkanes of at least 4 members (excludes halogenated alkanes) is 24. The van der Waals surface area contributed by atoms with Crippen molar-refractivity contribution in [3.63, 3.8) is 0 Å². The zero-order chi connectivity index (χ0) is 44.0. The summed E-state index contributed by atoms with van der Waals surface area (Å²) in [6, 6.07) is -1.12. The van der Waals surface area contributed by atoms with E-state index in [0.717, 1.165) is 32.1 Å². The van der Waals surface area contributed by atoms with Gasteiger partial charge in [0.15, 0.2) is 0 Å². The maximum Gasteiger partial charge on any atom is 0.437 e. The second-order valence-electron chi connectivity index (χ2n) is 18.4. The van der Waals surface area contributed by atoms with Crippen molar-refractivity contribution >= 4 is 30.1 Å². The fourth-order valence-electron chi connectivity index (χ4n) is 6.70. The summed E-state index contributed by atoms with van der Waals surface area (Å²) in [6.07, 6.45) is 31.9. The molecule has 0 aromatic heterocycles. The van der Waals surface area contributed by atoms with Crippen molar-refractivity contribution < 1.29 is 28.7 Å². The summed E-state index contributed by atoms with van der Waals surface area (Å²) in [5.41, 5.74) is -1.53. The fraction of sp³-hybridized carbons (Fsp3) is 0.894. The summed E-state index contributed by atoms with van der Waals surface area (Å²) >= 11 is 0. The van der Waals surface area contributed by atoms with Crippen LogP contribution in [0.25, 0.3) is 0 Å². The minimum Gasteiger partial charge on any atom is -0.444 e. The van der Waals surface area contributed by atoms with Gasteiger partial charge in [0.2, 0.25) is 11.9 Å². The van der Waals surface area contributed by atoms with Crippen LogP contribution in [0.1, 0.15) is 235 Å². The van der Waals surface area contributed by atoms with Crippen LogP contribution in [0.5, 0.6) is 0 Å². The number of carbonyl (C=O) groups excluding carboxylic acids is 4. The molecular weight excluding hydrogens is 745 g/mol. The molecule has 0 aliphatic rings. The molecule has 12 nitrogen and oxygen atoms in total. The van der Waals surface area contributed by atoms with E-state index in [9.17, 15) is 19.2 Å². The van der Waals surface area contributed by atoms with E-state index in [1.807, 2.05) is 0 Å². The maximum atomic E-state index is 13.3. The number of rotatable bonds is 34. The smallest absolute Gasteiger partial charge is 0.437 e. The highest BCUT2D eigenvalue weighted by molar-refractivity contribution is 5.98. The number of nitrogens with zero attached hydrogens (tertiary/aromatic N) is 1. The molecule has 0 spiro atoms. The van der Waals surface area contributed by atoms with Crippen LogP contribution >= 0.6 is 0 Å². The van der Waals surface area contributed by atoms with Crippen LogP contribution in [-0.4, -0.2) is 67.0 Å². The van der Waals surface area contributed by atoms with E-state index in [1.165, 1.54) is 135 Å². The SMILES string of the molecule is CCCCCCCCCCCCCCCCCCNC(=O)NC(CCCNC(=NC(=O)OC(C)(C)C)NC(=O)OC(C)(C)C)C(=O)NCCCCCCCCCCCC. The first kappa shape index (κ1) is 55.9. The number of ether oxygens (including phenoxy) is 2. The van der Waals surface area contributed by atoms with Crippen LogP contribution in [-0.2, 0) is 14.3 Å². The number of carbonyl (C=O) groups is 4.